The van der Waals surface area contributed by atoms with Gasteiger partial charge in [0.1, 0.15) is 0 Å². The largest absolute Gasteiger partial charge is 0.481 e. The van der Waals surface area contributed by atoms with Crippen molar-refractivity contribution >= 4 is 11.9 Å². The van der Waals surface area contributed by atoms with Crippen LogP contribution in [-0.2, 0) is 9.59 Å². The van der Waals surface area contributed by atoms with Crippen LogP contribution in [0.25, 0.3) is 0 Å². The van der Waals surface area contributed by atoms with E-state index in [4.69, 9.17) is 5.11 Å². The Bertz CT molecular complexity index is 371. The summed E-state index contributed by atoms with van der Waals surface area (Å²) in [5.74, 6) is -2.57. The number of carboxylic acid groups (broad SMARTS) is 1. The van der Waals surface area contributed by atoms with Crippen LogP contribution in [0.4, 0.5) is 0 Å². The molecule has 1 aliphatic heterocycles. The Hall–Kier alpha value is -1.40. The van der Waals surface area contributed by atoms with Crippen molar-refractivity contribution in [3.63, 3.8) is 0 Å². The van der Waals surface area contributed by atoms with E-state index < -0.39 is 30.0 Å². The molecule has 0 saturated carbocycles. The van der Waals surface area contributed by atoms with Gasteiger partial charge in [-0.05, 0) is 12.8 Å². The first-order valence-electron chi connectivity index (χ1n) is 6.03. The Labute approximate surface area is 105 Å². The number of aliphatic hydroxyl groups is 2. The summed E-state index contributed by atoms with van der Waals surface area (Å²) >= 11 is 0. The van der Waals surface area contributed by atoms with E-state index in [-0.39, 0.29) is 19.0 Å². The number of carbonyl (C=O) groups is 2. The number of aliphatic hydroxyl groups excluding tert-OH is 2. The molecule has 6 heteroatoms. The summed E-state index contributed by atoms with van der Waals surface area (Å²) in [7, 11) is 0. The molecular formula is C12H17NO5. The van der Waals surface area contributed by atoms with Crippen molar-refractivity contribution in [3.8, 4) is 0 Å². The summed E-state index contributed by atoms with van der Waals surface area (Å²) < 4.78 is 0. The van der Waals surface area contributed by atoms with E-state index in [1.807, 2.05) is 6.08 Å². The molecule has 1 heterocycles. The molecule has 0 aromatic heterocycles. The zero-order valence-electron chi connectivity index (χ0n) is 9.90. The van der Waals surface area contributed by atoms with Crippen molar-refractivity contribution < 1.29 is 24.9 Å². The fraction of sp³-hybridized carbons (Fsp3) is 0.667. The van der Waals surface area contributed by atoms with Crippen LogP contribution in [-0.4, -0.2) is 57.4 Å². The predicted octanol–water partition coefficient (Wildman–Crippen LogP) is -0.783. The van der Waals surface area contributed by atoms with Gasteiger partial charge in [-0.25, -0.2) is 0 Å². The third kappa shape index (κ3) is 2.39. The van der Waals surface area contributed by atoms with Crippen LogP contribution in [0.3, 0.4) is 0 Å². The number of rotatable bonds is 2. The third-order valence-electron chi connectivity index (χ3n) is 3.64. The van der Waals surface area contributed by atoms with Gasteiger partial charge in [0.15, 0.2) is 0 Å². The highest BCUT2D eigenvalue weighted by Gasteiger charge is 2.40. The van der Waals surface area contributed by atoms with Crippen LogP contribution < -0.4 is 0 Å². The average molecular weight is 255 g/mol. The van der Waals surface area contributed by atoms with Crippen molar-refractivity contribution in [2.24, 2.45) is 11.8 Å². The molecule has 0 radical (unpaired) electrons. The number of β-amino-alcohol motifs (C(OH)–C–C–N with tert-alkyl or cyclic N) is 2. The molecule has 1 saturated heterocycles. The van der Waals surface area contributed by atoms with Gasteiger partial charge in [-0.2, -0.15) is 0 Å². The van der Waals surface area contributed by atoms with Crippen molar-refractivity contribution in [1.82, 2.24) is 4.90 Å². The lowest BCUT2D eigenvalue weighted by Gasteiger charge is -2.28. The molecule has 1 amide bonds. The van der Waals surface area contributed by atoms with Crippen molar-refractivity contribution in [1.29, 1.82) is 0 Å². The zero-order chi connectivity index (χ0) is 13.3. The number of aliphatic carboxylic acids is 1. The predicted molar refractivity (Wildman–Crippen MR) is 61.6 cm³/mol. The molecule has 4 atom stereocenters. The Balaban J connectivity index is 2.08. The lowest BCUT2D eigenvalue weighted by atomic mass is 9.82. The van der Waals surface area contributed by atoms with E-state index in [0.29, 0.717) is 12.8 Å². The highest BCUT2D eigenvalue weighted by Crippen LogP contribution is 2.28. The van der Waals surface area contributed by atoms with Crippen LogP contribution in [0.1, 0.15) is 12.8 Å². The molecule has 18 heavy (non-hydrogen) atoms. The van der Waals surface area contributed by atoms with Gasteiger partial charge < -0.3 is 20.2 Å². The molecule has 2 aliphatic rings. The van der Waals surface area contributed by atoms with E-state index in [9.17, 15) is 19.8 Å². The fourth-order valence-electron chi connectivity index (χ4n) is 2.54. The Morgan fingerprint density at radius 1 is 1.00 bits per heavy atom. The summed E-state index contributed by atoms with van der Waals surface area (Å²) in [6, 6.07) is 0. The van der Waals surface area contributed by atoms with Crippen LogP contribution in [0.15, 0.2) is 12.2 Å². The first kappa shape index (κ1) is 13.0. The number of amides is 1. The van der Waals surface area contributed by atoms with Gasteiger partial charge in [0, 0.05) is 13.1 Å². The molecule has 1 aliphatic carbocycles. The zero-order valence-corrected chi connectivity index (χ0v) is 9.90. The average Bonchev–Trinajstić information content (AvgIpc) is 2.68. The smallest absolute Gasteiger partial charge is 0.307 e. The maximum atomic E-state index is 12.2. The highest BCUT2D eigenvalue weighted by atomic mass is 16.4. The number of carbonyl (C=O) groups excluding carboxylic acids is 1. The number of allylic oxidation sites excluding steroid dienone is 2. The van der Waals surface area contributed by atoms with Crippen LogP contribution in [0.5, 0.6) is 0 Å². The fourth-order valence-corrected chi connectivity index (χ4v) is 2.54. The van der Waals surface area contributed by atoms with E-state index >= 15 is 0 Å². The molecule has 0 aromatic carbocycles. The Morgan fingerprint density at radius 2 is 1.50 bits per heavy atom. The summed E-state index contributed by atoms with van der Waals surface area (Å²) in [4.78, 5) is 24.7. The van der Waals surface area contributed by atoms with Crippen molar-refractivity contribution in [2.75, 3.05) is 13.1 Å². The topological polar surface area (TPSA) is 98.1 Å². The SMILES string of the molecule is O=C(O)[C@H]1CC=CC[C@H]1C(=O)N1C[C@@H](O)[C@@H](O)C1. The number of likely N-dealkylation sites (tertiary alicyclic amines) is 1. The second-order valence-corrected chi connectivity index (χ2v) is 4.87. The van der Waals surface area contributed by atoms with Gasteiger partial charge in [0.2, 0.25) is 5.91 Å². The highest BCUT2D eigenvalue weighted by molar-refractivity contribution is 5.85. The summed E-state index contributed by atoms with van der Waals surface area (Å²) in [5.41, 5.74) is 0. The van der Waals surface area contributed by atoms with Crippen LogP contribution in [0, 0.1) is 11.8 Å². The quantitative estimate of drug-likeness (QED) is 0.562. The van der Waals surface area contributed by atoms with E-state index in [0.717, 1.165) is 0 Å². The maximum absolute atomic E-state index is 12.2. The minimum atomic E-state index is -0.974. The molecule has 3 N–H and O–H groups in total. The van der Waals surface area contributed by atoms with Crippen molar-refractivity contribution in [2.45, 2.75) is 25.0 Å². The molecule has 0 spiro atoms. The van der Waals surface area contributed by atoms with E-state index in [1.54, 1.807) is 6.08 Å². The first-order valence-corrected chi connectivity index (χ1v) is 6.03. The summed E-state index contributed by atoms with van der Waals surface area (Å²) in [6.45, 7) is 0.152. The third-order valence-corrected chi connectivity index (χ3v) is 3.64. The normalized spacial score (nSPS) is 35.8. The molecule has 100 valence electrons. The van der Waals surface area contributed by atoms with Gasteiger partial charge >= 0.3 is 5.97 Å². The Morgan fingerprint density at radius 3 is 2.00 bits per heavy atom. The van der Waals surface area contributed by atoms with E-state index in [2.05, 4.69) is 0 Å². The summed E-state index contributed by atoms with van der Waals surface area (Å²) in [6.07, 6.45) is 2.47. The first-order chi connectivity index (χ1) is 8.50. The number of hydrogen-bond acceptors (Lipinski definition) is 4. The van der Waals surface area contributed by atoms with Crippen LogP contribution in [0.2, 0.25) is 0 Å². The van der Waals surface area contributed by atoms with Gasteiger partial charge in [-0.1, -0.05) is 12.2 Å². The molecule has 0 unspecified atom stereocenters. The number of carboxylic acids is 1. The molecule has 2 rings (SSSR count). The number of nitrogens with zero attached hydrogens (tertiary/aromatic N) is 1. The molecule has 1 fully saturated rings. The second-order valence-electron chi connectivity index (χ2n) is 4.87. The maximum Gasteiger partial charge on any atom is 0.307 e. The Kier molecular flexibility index (Phi) is 3.68. The van der Waals surface area contributed by atoms with Gasteiger partial charge in [-0.3, -0.25) is 9.59 Å². The minimum Gasteiger partial charge on any atom is -0.481 e. The van der Waals surface area contributed by atoms with Crippen LogP contribution >= 0.6 is 0 Å². The van der Waals surface area contributed by atoms with Crippen molar-refractivity contribution in [3.05, 3.63) is 12.2 Å². The minimum absolute atomic E-state index is 0.0759. The van der Waals surface area contributed by atoms with Gasteiger partial charge in [0.05, 0.1) is 24.0 Å². The van der Waals surface area contributed by atoms with Gasteiger partial charge in [0.25, 0.3) is 0 Å². The second kappa shape index (κ2) is 5.07. The monoisotopic (exact) mass is 255 g/mol. The number of hydrogen-bond donors (Lipinski definition) is 3. The molecular weight excluding hydrogens is 238 g/mol. The van der Waals surface area contributed by atoms with Gasteiger partial charge in [-0.15, -0.1) is 0 Å². The summed E-state index contributed by atoms with van der Waals surface area (Å²) in [5, 5.41) is 27.9. The lowest BCUT2D eigenvalue weighted by molar-refractivity contribution is -0.150. The molecule has 0 aromatic rings. The molecule has 6 nitrogen and oxygen atoms in total. The van der Waals surface area contributed by atoms with E-state index in [1.165, 1.54) is 4.90 Å². The standard InChI is InChI=1S/C12H17NO5/c14-9-5-13(6-10(9)15)11(16)7-3-1-2-4-8(7)12(17)18/h1-2,7-10,14-15H,3-6H2,(H,17,18)/t7-,8+,9-,10+/m1/s1. The molecule has 0 bridgehead atoms. The lowest BCUT2D eigenvalue weighted by Crippen LogP contribution is -2.41.